The fraction of sp³-hybridized carbons (Fsp3) is 0.605. The molecule has 2 atom stereocenters. The van der Waals surface area contributed by atoms with Crippen molar-refractivity contribution in [1.82, 2.24) is 5.32 Å². The number of nitrogens with one attached hydrogen (secondary N) is 1. The summed E-state index contributed by atoms with van der Waals surface area (Å²) in [6, 6.07) is -1.10. The molecular formula is C43H71NO5S. The van der Waals surface area contributed by atoms with Crippen LogP contribution in [0.1, 0.15) is 149 Å². The lowest BCUT2D eigenvalue weighted by Gasteiger charge is -2.21. The van der Waals surface area contributed by atoms with E-state index in [9.17, 15) is 22.9 Å². The van der Waals surface area contributed by atoms with Gasteiger partial charge in [-0.15, -0.1) is 0 Å². The molecule has 0 rings (SSSR count). The largest absolute Gasteiger partial charge is 0.387 e. The summed E-state index contributed by atoms with van der Waals surface area (Å²) in [4.78, 5) is 12.5. The van der Waals surface area contributed by atoms with Gasteiger partial charge in [0, 0.05) is 6.42 Å². The lowest BCUT2D eigenvalue weighted by molar-refractivity contribution is -0.122. The van der Waals surface area contributed by atoms with Crippen LogP contribution in [0.3, 0.4) is 0 Å². The summed E-state index contributed by atoms with van der Waals surface area (Å²) < 4.78 is 32.4. The number of carbonyl (C=O) groups excluding carboxylic acids is 1. The van der Waals surface area contributed by atoms with Gasteiger partial charge in [0.1, 0.15) is 0 Å². The Morgan fingerprint density at radius 3 is 1.50 bits per heavy atom. The van der Waals surface area contributed by atoms with Crippen LogP contribution < -0.4 is 5.32 Å². The maximum Gasteiger partial charge on any atom is 0.267 e. The fourth-order valence-electron chi connectivity index (χ4n) is 5.09. The van der Waals surface area contributed by atoms with Crippen molar-refractivity contribution in [1.29, 1.82) is 0 Å². The minimum Gasteiger partial charge on any atom is -0.387 e. The Hall–Kier alpha value is -2.74. The molecule has 0 saturated heterocycles. The molecular weight excluding hydrogens is 643 g/mol. The third-order valence-electron chi connectivity index (χ3n) is 7.97. The molecule has 3 N–H and O–H groups in total. The third kappa shape index (κ3) is 36.5. The SMILES string of the molecule is CC/C=C\C/C=C\C/C=C\C/C=C\C/C=C\CCCCCC(=O)NC(CS(=O)(=O)O)C(O)/C=C/CC/C=C/CC/C=C/CCCCCCCC. The van der Waals surface area contributed by atoms with Crippen molar-refractivity contribution < 1.29 is 22.9 Å². The highest BCUT2D eigenvalue weighted by atomic mass is 32.2. The molecule has 0 heterocycles. The van der Waals surface area contributed by atoms with Gasteiger partial charge in [-0.05, 0) is 89.9 Å². The average molecular weight is 714 g/mol. The molecule has 0 bridgehead atoms. The first-order chi connectivity index (χ1) is 24.3. The molecule has 7 heteroatoms. The molecule has 0 radical (unpaired) electrons. The molecule has 0 saturated carbocycles. The molecule has 0 aliphatic carbocycles. The minimum atomic E-state index is -4.37. The summed E-state index contributed by atoms with van der Waals surface area (Å²) in [7, 11) is -4.37. The Balaban J connectivity index is 4.14. The second-order valence-corrected chi connectivity index (χ2v) is 14.3. The van der Waals surface area contributed by atoms with E-state index in [0.29, 0.717) is 12.8 Å². The molecule has 0 aromatic heterocycles. The number of hydrogen-bond donors (Lipinski definition) is 3. The van der Waals surface area contributed by atoms with E-state index in [2.05, 4.69) is 104 Å². The number of carbonyl (C=O) groups is 1. The third-order valence-corrected chi connectivity index (χ3v) is 8.75. The second kappa shape index (κ2) is 36.1. The summed E-state index contributed by atoms with van der Waals surface area (Å²) in [5, 5.41) is 13.2. The monoisotopic (exact) mass is 714 g/mol. The summed E-state index contributed by atoms with van der Waals surface area (Å²) in [6.45, 7) is 4.38. The highest BCUT2D eigenvalue weighted by Crippen LogP contribution is 2.09. The van der Waals surface area contributed by atoms with Crippen LogP contribution in [-0.2, 0) is 14.9 Å². The Labute approximate surface area is 307 Å². The van der Waals surface area contributed by atoms with Crippen molar-refractivity contribution in [2.75, 3.05) is 5.75 Å². The number of unbranched alkanes of at least 4 members (excludes halogenated alkanes) is 11. The predicted octanol–water partition coefficient (Wildman–Crippen LogP) is 11.4. The molecule has 0 aromatic rings. The van der Waals surface area contributed by atoms with E-state index in [1.807, 2.05) is 0 Å². The number of hydrogen-bond acceptors (Lipinski definition) is 4. The Morgan fingerprint density at radius 2 is 0.980 bits per heavy atom. The van der Waals surface area contributed by atoms with E-state index in [4.69, 9.17) is 0 Å². The van der Waals surface area contributed by atoms with Crippen molar-refractivity contribution >= 4 is 16.0 Å². The molecule has 0 aliphatic rings. The first-order valence-electron chi connectivity index (χ1n) is 19.4. The van der Waals surface area contributed by atoms with Crippen molar-refractivity contribution in [3.8, 4) is 0 Å². The Morgan fingerprint density at radius 1 is 0.560 bits per heavy atom. The summed E-state index contributed by atoms with van der Waals surface area (Å²) in [6.07, 6.45) is 53.9. The standard InChI is InChI=1S/C43H71NO5S/c1-3-5-7-9-11-13-15-17-19-21-22-23-25-27-29-31-33-35-37-39-43(46)44-41(40-50(47,48)49)42(45)38-36-34-32-30-28-26-24-20-18-16-14-12-10-8-6-4-2/h5,7,11,13,17-20,22-23,27-30,36,38,41-42,45H,3-4,6,8-10,12,14-16,21,24-26,31-35,37,39-40H2,1-2H3,(H,44,46)(H,47,48,49)/b7-5-,13-11-,19-17-,20-18+,23-22-,29-27-,30-28+,38-36+. The number of amides is 1. The maximum absolute atomic E-state index is 12.5. The van der Waals surface area contributed by atoms with Crippen LogP contribution in [-0.4, -0.2) is 41.9 Å². The Kier molecular flexibility index (Phi) is 34.1. The normalized spacial score (nSPS) is 14.4. The molecule has 0 aliphatic heterocycles. The van der Waals surface area contributed by atoms with Crippen LogP contribution in [0.15, 0.2) is 97.2 Å². The van der Waals surface area contributed by atoms with E-state index in [1.165, 1.54) is 44.6 Å². The van der Waals surface area contributed by atoms with E-state index < -0.39 is 28.0 Å². The highest BCUT2D eigenvalue weighted by molar-refractivity contribution is 7.85. The summed E-state index contributed by atoms with van der Waals surface area (Å²) in [5.41, 5.74) is 0. The van der Waals surface area contributed by atoms with E-state index >= 15 is 0 Å². The summed E-state index contributed by atoms with van der Waals surface area (Å²) in [5.74, 6) is -1.06. The van der Waals surface area contributed by atoms with Gasteiger partial charge in [0.15, 0.2) is 0 Å². The predicted molar refractivity (Wildman–Crippen MR) is 216 cm³/mol. The first-order valence-corrected chi connectivity index (χ1v) is 21.0. The van der Waals surface area contributed by atoms with E-state index in [1.54, 1.807) is 6.08 Å². The van der Waals surface area contributed by atoms with Crippen LogP contribution >= 0.6 is 0 Å². The number of rotatable bonds is 33. The zero-order valence-electron chi connectivity index (χ0n) is 31.5. The van der Waals surface area contributed by atoms with E-state index in [0.717, 1.165) is 77.0 Å². The Bertz CT molecular complexity index is 1140. The van der Waals surface area contributed by atoms with Gasteiger partial charge in [0.05, 0.1) is 17.9 Å². The summed E-state index contributed by atoms with van der Waals surface area (Å²) >= 11 is 0. The first kappa shape index (κ1) is 47.3. The fourth-order valence-corrected chi connectivity index (χ4v) is 5.83. The van der Waals surface area contributed by atoms with E-state index in [-0.39, 0.29) is 12.3 Å². The van der Waals surface area contributed by atoms with Crippen LogP contribution in [0.4, 0.5) is 0 Å². The number of aliphatic hydroxyl groups excluding tert-OH is 1. The quantitative estimate of drug-likeness (QED) is 0.0357. The smallest absolute Gasteiger partial charge is 0.267 e. The van der Waals surface area contributed by atoms with Crippen molar-refractivity contribution in [2.24, 2.45) is 0 Å². The van der Waals surface area contributed by atoms with Gasteiger partial charge >= 0.3 is 0 Å². The van der Waals surface area contributed by atoms with Gasteiger partial charge in [-0.1, -0.05) is 150 Å². The lowest BCUT2D eigenvalue weighted by Crippen LogP contribution is -2.46. The number of allylic oxidation sites excluding steroid dienone is 15. The van der Waals surface area contributed by atoms with Crippen molar-refractivity contribution in [3.63, 3.8) is 0 Å². The van der Waals surface area contributed by atoms with Crippen LogP contribution in [0, 0.1) is 0 Å². The topological polar surface area (TPSA) is 104 Å². The zero-order valence-corrected chi connectivity index (χ0v) is 32.3. The van der Waals surface area contributed by atoms with Gasteiger partial charge in [0.2, 0.25) is 5.91 Å². The molecule has 0 aromatic carbocycles. The van der Waals surface area contributed by atoms with Crippen LogP contribution in [0.25, 0.3) is 0 Å². The van der Waals surface area contributed by atoms with Gasteiger partial charge in [-0.3, -0.25) is 9.35 Å². The molecule has 284 valence electrons. The average Bonchev–Trinajstić information content (AvgIpc) is 3.08. The maximum atomic E-state index is 12.5. The highest BCUT2D eigenvalue weighted by Gasteiger charge is 2.24. The molecule has 0 fully saturated rings. The number of aliphatic hydroxyl groups is 1. The molecule has 50 heavy (non-hydrogen) atoms. The second-order valence-electron chi connectivity index (χ2n) is 12.8. The van der Waals surface area contributed by atoms with Gasteiger partial charge < -0.3 is 10.4 Å². The lowest BCUT2D eigenvalue weighted by atomic mass is 10.1. The van der Waals surface area contributed by atoms with Crippen LogP contribution in [0.2, 0.25) is 0 Å². The van der Waals surface area contributed by atoms with Crippen LogP contribution in [0.5, 0.6) is 0 Å². The molecule has 2 unspecified atom stereocenters. The van der Waals surface area contributed by atoms with Gasteiger partial charge in [-0.25, -0.2) is 0 Å². The molecule has 0 spiro atoms. The van der Waals surface area contributed by atoms with Gasteiger partial charge in [0.25, 0.3) is 10.1 Å². The van der Waals surface area contributed by atoms with Gasteiger partial charge in [-0.2, -0.15) is 8.42 Å². The zero-order chi connectivity index (χ0) is 36.8. The minimum absolute atomic E-state index is 0.239. The van der Waals surface area contributed by atoms with Crippen molar-refractivity contribution in [3.05, 3.63) is 97.2 Å². The molecule has 6 nitrogen and oxygen atoms in total. The van der Waals surface area contributed by atoms with Crippen molar-refractivity contribution in [2.45, 2.75) is 161 Å². The molecule has 1 amide bonds.